The van der Waals surface area contributed by atoms with Crippen LogP contribution in [0.3, 0.4) is 0 Å². The number of nitrogens with two attached hydrogens (primary N) is 1. The number of amides is 2. The highest BCUT2D eigenvalue weighted by molar-refractivity contribution is 7.12. The van der Waals surface area contributed by atoms with E-state index in [9.17, 15) is 9.59 Å². The molecule has 4 nitrogen and oxygen atoms in total. The Morgan fingerprint density at radius 3 is 2.44 bits per heavy atom. The van der Waals surface area contributed by atoms with E-state index in [0.29, 0.717) is 4.88 Å². The van der Waals surface area contributed by atoms with Crippen LogP contribution in [0.5, 0.6) is 0 Å². The van der Waals surface area contributed by atoms with Crippen LogP contribution >= 0.6 is 11.3 Å². The minimum atomic E-state index is -0.665. The summed E-state index contributed by atoms with van der Waals surface area (Å²) in [6.07, 6.45) is 0. The molecule has 0 aliphatic carbocycles. The first-order valence-corrected chi connectivity index (χ1v) is 5.84. The van der Waals surface area contributed by atoms with Gasteiger partial charge in [-0.25, -0.2) is 0 Å². The SMILES string of the molecule is CC(C)(C)[C@H](NC(=O)c1cccs1)C(N)=O. The second-order valence-corrected chi connectivity index (χ2v) is 5.60. The van der Waals surface area contributed by atoms with Crippen molar-refractivity contribution in [2.45, 2.75) is 26.8 Å². The van der Waals surface area contributed by atoms with E-state index in [1.807, 2.05) is 26.2 Å². The molecule has 0 aliphatic rings. The Labute approximate surface area is 98.8 Å². The number of carbonyl (C=O) groups excluding carboxylic acids is 2. The molecule has 88 valence electrons. The standard InChI is InChI=1S/C11H16N2O2S/c1-11(2,3)8(9(12)14)13-10(15)7-5-4-6-16-7/h4-6,8H,1-3H3,(H2,12,14)(H,13,15)/t8-/m1/s1. The molecule has 1 aromatic heterocycles. The molecule has 0 unspecified atom stereocenters. The second kappa shape index (κ2) is 4.65. The first-order chi connectivity index (χ1) is 7.32. The van der Waals surface area contributed by atoms with Gasteiger partial charge in [-0.1, -0.05) is 26.8 Å². The van der Waals surface area contributed by atoms with E-state index in [0.717, 1.165) is 0 Å². The molecule has 1 atom stereocenters. The van der Waals surface area contributed by atoms with E-state index in [2.05, 4.69) is 5.32 Å². The van der Waals surface area contributed by atoms with Crippen molar-refractivity contribution in [3.63, 3.8) is 0 Å². The van der Waals surface area contributed by atoms with Crippen molar-refractivity contribution in [2.75, 3.05) is 0 Å². The number of hydrogen-bond acceptors (Lipinski definition) is 3. The van der Waals surface area contributed by atoms with Crippen molar-refractivity contribution in [1.29, 1.82) is 0 Å². The van der Waals surface area contributed by atoms with Crippen molar-refractivity contribution in [3.05, 3.63) is 22.4 Å². The van der Waals surface area contributed by atoms with E-state index in [-0.39, 0.29) is 5.91 Å². The summed E-state index contributed by atoms with van der Waals surface area (Å²) in [5.74, 6) is -0.772. The van der Waals surface area contributed by atoms with Crippen LogP contribution in [0.15, 0.2) is 17.5 Å². The highest BCUT2D eigenvalue weighted by Gasteiger charge is 2.31. The molecule has 1 heterocycles. The Hall–Kier alpha value is -1.36. The van der Waals surface area contributed by atoms with E-state index in [1.54, 1.807) is 12.1 Å². The average Bonchev–Trinajstić information content (AvgIpc) is 2.63. The Morgan fingerprint density at radius 2 is 2.06 bits per heavy atom. The topological polar surface area (TPSA) is 72.2 Å². The summed E-state index contributed by atoms with van der Waals surface area (Å²) in [7, 11) is 0. The predicted molar refractivity (Wildman–Crippen MR) is 64.2 cm³/mol. The molecule has 0 aromatic carbocycles. The maximum absolute atomic E-state index is 11.8. The maximum Gasteiger partial charge on any atom is 0.262 e. The summed E-state index contributed by atoms with van der Waals surface area (Å²) in [5.41, 5.74) is 4.88. The fourth-order valence-electron chi connectivity index (χ4n) is 1.32. The van der Waals surface area contributed by atoms with E-state index in [4.69, 9.17) is 5.73 Å². The third-order valence-corrected chi connectivity index (χ3v) is 3.04. The zero-order valence-corrected chi connectivity index (χ0v) is 10.4. The van der Waals surface area contributed by atoms with E-state index in [1.165, 1.54) is 11.3 Å². The normalized spacial score (nSPS) is 13.2. The molecule has 0 saturated carbocycles. The average molecular weight is 240 g/mol. The highest BCUT2D eigenvalue weighted by Crippen LogP contribution is 2.20. The molecule has 16 heavy (non-hydrogen) atoms. The van der Waals surface area contributed by atoms with Gasteiger partial charge in [-0.15, -0.1) is 11.3 Å². The zero-order chi connectivity index (χ0) is 12.3. The van der Waals surface area contributed by atoms with E-state index < -0.39 is 17.4 Å². The summed E-state index contributed by atoms with van der Waals surface area (Å²) in [4.78, 5) is 23.6. The van der Waals surface area contributed by atoms with Crippen molar-refractivity contribution in [1.82, 2.24) is 5.32 Å². The number of hydrogen-bond donors (Lipinski definition) is 2. The summed E-state index contributed by atoms with van der Waals surface area (Å²) in [5, 5.41) is 4.47. The minimum absolute atomic E-state index is 0.256. The molecule has 1 aromatic rings. The first-order valence-electron chi connectivity index (χ1n) is 4.96. The summed E-state index contributed by atoms with van der Waals surface area (Å²) < 4.78 is 0. The summed E-state index contributed by atoms with van der Waals surface area (Å²) in [6.45, 7) is 5.57. The summed E-state index contributed by atoms with van der Waals surface area (Å²) in [6, 6.07) is 2.83. The monoisotopic (exact) mass is 240 g/mol. The molecule has 0 radical (unpaired) electrons. The van der Waals surface area contributed by atoms with Gasteiger partial charge < -0.3 is 11.1 Å². The van der Waals surface area contributed by atoms with Crippen molar-refractivity contribution >= 4 is 23.2 Å². The van der Waals surface area contributed by atoms with Crippen LogP contribution in [-0.2, 0) is 4.79 Å². The van der Waals surface area contributed by atoms with Crippen molar-refractivity contribution < 1.29 is 9.59 Å². The second-order valence-electron chi connectivity index (χ2n) is 4.65. The van der Waals surface area contributed by atoms with Gasteiger partial charge in [0.15, 0.2) is 0 Å². The smallest absolute Gasteiger partial charge is 0.262 e. The predicted octanol–water partition coefficient (Wildman–Crippen LogP) is 1.38. The molecule has 2 amide bonds. The molecule has 5 heteroatoms. The van der Waals surface area contributed by atoms with Gasteiger partial charge in [0.2, 0.25) is 5.91 Å². The van der Waals surface area contributed by atoms with E-state index >= 15 is 0 Å². The third kappa shape index (κ3) is 3.06. The Kier molecular flexibility index (Phi) is 3.70. The number of carbonyl (C=O) groups is 2. The van der Waals surface area contributed by atoms with Gasteiger partial charge in [-0.2, -0.15) is 0 Å². The lowest BCUT2D eigenvalue weighted by atomic mass is 9.86. The van der Waals surface area contributed by atoms with Gasteiger partial charge in [0.1, 0.15) is 6.04 Å². The number of rotatable bonds is 3. The van der Waals surface area contributed by atoms with Crippen LogP contribution in [-0.4, -0.2) is 17.9 Å². The van der Waals surface area contributed by atoms with Crippen LogP contribution in [0, 0.1) is 5.41 Å². The van der Waals surface area contributed by atoms with Crippen molar-refractivity contribution in [2.24, 2.45) is 11.1 Å². The summed E-state index contributed by atoms with van der Waals surface area (Å²) >= 11 is 1.33. The zero-order valence-electron chi connectivity index (χ0n) is 9.61. The number of nitrogens with one attached hydrogen (secondary N) is 1. The van der Waals surface area contributed by atoms with Gasteiger partial charge in [0, 0.05) is 0 Å². The largest absolute Gasteiger partial charge is 0.368 e. The van der Waals surface area contributed by atoms with Crippen LogP contribution in [0.4, 0.5) is 0 Å². The van der Waals surface area contributed by atoms with Gasteiger partial charge in [-0.3, -0.25) is 9.59 Å². The Morgan fingerprint density at radius 1 is 1.44 bits per heavy atom. The van der Waals surface area contributed by atoms with Gasteiger partial charge in [0.05, 0.1) is 4.88 Å². The lowest BCUT2D eigenvalue weighted by Gasteiger charge is -2.28. The molecule has 0 aliphatic heterocycles. The van der Waals surface area contributed by atoms with Gasteiger partial charge >= 0.3 is 0 Å². The minimum Gasteiger partial charge on any atom is -0.368 e. The molecule has 0 saturated heterocycles. The quantitative estimate of drug-likeness (QED) is 0.837. The molecule has 0 bridgehead atoms. The Balaban J connectivity index is 2.78. The highest BCUT2D eigenvalue weighted by atomic mass is 32.1. The van der Waals surface area contributed by atoms with Crippen LogP contribution in [0.1, 0.15) is 30.4 Å². The molecular formula is C11H16N2O2S. The Bertz CT molecular complexity index is 379. The molecule has 1 rings (SSSR count). The first kappa shape index (κ1) is 12.7. The fourth-order valence-corrected chi connectivity index (χ4v) is 1.95. The van der Waals surface area contributed by atoms with Crippen LogP contribution < -0.4 is 11.1 Å². The molecule has 3 N–H and O–H groups in total. The van der Waals surface area contributed by atoms with Crippen molar-refractivity contribution in [3.8, 4) is 0 Å². The van der Waals surface area contributed by atoms with Crippen LogP contribution in [0.2, 0.25) is 0 Å². The van der Waals surface area contributed by atoms with Gasteiger partial charge in [-0.05, 0) is 16.9 Å². The van der Waals surface area contributed by atoms with Crippen LogP contribution in [0.25, 0.3) is 0 Å². The lowest BCUT2D eigenvalue weighted by Crippen LogP contribution is -2.51. The number of thiophene rings is 1. The maximum atomic E-state index is 11.8. The molecule has 0 fully saturated rings. The molecular weight excluding hydrogens is 224 g/mol. The lowest BCUT2D eigenvalue weighted by molar-refractivity contribution is -0.122. The number of primary amides is 1. The third-order valence-electron chi connectivity index (χ3n) is 2.17. The fraction of sp³-hybridized carbons (Fsp3) is 0.455. The van der Waals surface area contributed by atoms with Gasteiger partial charge in [0.25, 0.3) is 5.91 Å². The molecule has 0 spiro atoms.